The molecule has 0 aromatic heterocycles. The Morgan fingerprint density at radius 1 is 1.03 bits per heavy atom. The van der Waals surface area contributed by atoms with Crippen LogP contribution in [0.1, 0.15) is 39.9 Å². The molecule has 1 fully saturated rings. The molecule has 0 bridgehead atoms. The molecule has 0 aliphatic carbocycles. The molecule has 0 unspecified atom stereocenters. The summed E-state index contributed by atoms with van der Waals surface area (Å²) in [6.45, 7) is 6.12. The molecular formula is C23H29N3O4S. The number of nitrogens with one attached hydrogen (secondary N) is 2. The van der Waals surface area contributed by atoms with Crippen LogP contribution in [0.5, 0.6) is 0 Å². The molecule has 31 heavy (non-hydrogen) atoms. The zero-order valence-electron chi connectivity index (χ0n) is 18.4. The smallest absolute Gasteiger partial charge is 0.251 e. The number of carbonyl (C=O) groups is 2. The van der Waals surface area contributed by atoms with E-state index in [4.69, 9.17) is 0 Å². The first-order chi connectivity index (χ1) is 14.6. The fourth-order valence-corrected chi connectivity index (χ4v) is 5.65. The van der Waals surface area contributed by atoms with E-state index in [9.17, 15) is 18.0 Å². The van der Waals surface area contributed by atoms with E-state index in [0.717, 1.165) is 11.1 Å². The number of hydrogen-bond donors (Lipinski definition) is 2. The van der Waals surface area contributed by atoms with Crippen LogP contribution in [-0.4, -0.2) is 44.7 Å². The van der Waals surface area contributed by atoms with E-state index in [0.29, 0.717) is 47.6 Å². The second kappa shape index (κ2) is 9.20. The standard InChI is InChI=1S/C23H29N3O4S/c1-15-8-9-21(16(2)14-15)31(29,30)26-12-10-18(11-13-26)22(27)25-20-7-5-6-19(17(20)3)23(28)24-4/h5-9,14,18H,10-13H2,1-4H3,(H,24,28)(H,25,27). The van der Waals surface area contributed by atoms with Gasteiger partial charge in [0, 0.05) is 37.3 Å². The molecule has 2 aromatic rings. The molecule has 3 rings (SSSR count). The van der Waals surface area contributed by atoms with Crippen molar-refractivity contribution in [1.29, 1.82) is 0 Å². The molecule has 1 aliphatic rings. The number of benzene rings is 2. The molecule has 1 saturated heterocycles. The van der Waals surface area contributed by atoms with Crippen molar-refractivity contribution < 1.29 is 18.0 Å². The molecule has 0 atom stereocenters. The fourth-order valence-electron chi connectivity index (χ4n) is 3.97. The number of aryl methyl sites for hydroxylation is 2. The molecular weight excluding hydrogens is 414 g/mol. The lowest BCUT2D eigenvalue weighted by molar-refractivity contribution is -0.120. The van der Waals surface area contributed by atoms with Gasteiger partial charge in [-0.15, -0.1) is 0 Å². The average molecular weight is 444 g/mol. The highest BCUT2D eigenvalue weighted by Gasteiger charge is 2.33. The Labute approximate surface area is 183 Å². The fraction of sp³-hybridized carbons (Fsp3) is 0.391. The van der Waals surface area contributed by atoms with Gasteiger partial charge in [0.2, 0.25) is 15.9 Å². The molecule has 1 aliphatic heterocycles. The maximum absolute atomic E-state index is 13.0. The van der Waals surface area contributed by atoms with Gasteiger partial charge in [-0.1, -0.05) is 23.8 Å². The molecule has 2 amide bonds. The van der Waals surface area contributed by atoms with E-state index in [1.807, 2.05) is 13.0 Å². The predicted molar refractivity (Wildman–Crippen MR) is 121 cm³/mol. The first-order valence-electron chi connectivity index (χ1n) is 10.3. The summed E-state index contributed by atoms with van der Waals surface area (Å²) in [6, 6.07) is 10.5. The van der Waals surface area contributed by atoms with Crippen LogP contribution in [0.15, 0.2) is 41.3 Å². The van der Waals surface area contributed by atoms with Gasteiger partial charge in [0.1, 0.15) is 0 Å². The molecule has 1 heterocycles. The molecule has 2 N–H and O–H groups in total. The summed E-state index contributed by atoms with van der Waals surface area (Å²) in [5.74, 6) is -0.646. The van der Waals surface area contributed by atoms with Gasteiger partial charge >= 0.3 is 0 Å². The van der Waals surface area contributed by atoms with Crippen molar-refractivity contribution in [2.24, 2.45) is 5.92 Å². The normalized spacial score (nSPS) is 15.5. The molecule has 8 heteroatoms. The van der Waals surface area contributed by atoms with Gasteiger partial charge in [-0.05, 0) is 62.9 Å². The lowest BCUT2D eigenvalue weighted by Gasteiger charge is -2.31. The predicted octanol–water partition coefficient (Wildman–Crippen LogP) is 3.01. The second-order valence-corrected chi connectivity index (χ2v) is 9.90. The van der Waals surface area contributed by atoms with Crippen LogP contribution in [0.2, 0.25) is 0 Å². The number of hydrogen-bond acceptors (Lipinski definition) is 4. The molecule has 0 saturated carbocycles. The van der Waals surface area contributed by atoms with E-state index in [-0.39, 0.29) is 17.7 Å². The van der Waals surface area contributed by atoms with Gasteiger partial charge in [-0.3, -0.25) is 9.59 Å². The van der Waals surface area contributed by atoms with Gasteiger partial charge < -0.3 is 10.6 Å². The number of anilines is 1. The molecule has 2 aromatic carbocycles. The number of piperidine rings is 1. The van der Waals surface area contributed by atoms with Gasteiger partial charge in [-0.2, -0.15) is 4.31 Å². The summed E-state index contributed by atoms with van der Waals surface area (Å²) in [6.07, 6.45) is 0.897. The SMILES string of the molecule is CNC(=O)c1cccc(NC(=O)C2CCN(S(=O)(=O)c3ccc(C)cc3C)CC2)c1C. The topological polar surface area (TPSA) is 95.6 Å². The Balaban J connectivity index is 1.67. The Morgan fingerprint density at radius 3 is 2.32 bits per heavy atom. The monoisotopic (exact) mass is 443 g/mol. The summed E-state index contributed by atoms with van der Waals surface area (Å²) >= 11 is 0. The van der Waals surface area contributed by atoms with Crippen molar-refractivity contribution in [3.63, 3.8) is 0 Å². The lowest BCUT2D eigenvalue weighted by Crippen LogP contribution is -2.41. The summed E-state index contributed by atoms with van der Waals surface area (Å²) < 4.78 is 27.6. The van der Waals surface area contributed by atoms with E-state index in [2.05, 4.69) is 10.6 Å². The number of amides is 2. The Kier molecular flexibility index (Phi) is 6.81. The summed E-state index contributed by atoms with van der Waals surface area (Å²) in [5.41, 5.74) is 3.55. The third-order valence-corrected chi connectivity index (χ3v) is 7.90. The van der Waals surface area contributed by atoms with Crippen molar-refractivity contribution in [2.75, 3.05) is 25.5 Å². The maximum Gasteiger partial charge on any atom is 0.251 e. The van der Waals surface area contributed by atoms with Crippen molar-refractivity contribution in [2.45, 2.75) is 38.5 Å². The van der Waals surface area contributed by atoms with Crippen LogP contribution in [0.4, 0.5) is 5.69 Å². The lowest BCUT2D eigenvalue weighted by atomic mass is 9.96. The van der Waals surface area contributed by atoms with E-state index >= 15 is 0 Å². The largest absolute Gasteiger partial charge is 0.355 e. The van der Waals surface area contributed by atoms with E-state index < -0.39 is 10.0 Å². The zero-order chi connectivity index (χ0) is 22.8. The minimum atomic E-state index is -3.59. The first kappa shape index (κ1) is 23.0. The van der Waals surface area contributed by atoms with Crippen molar-refractivity contribution in [3.05, 3.63) is 58.7 Å². The van der Waals surface area contributed by atoms with Crippen LogP contribution in [0.3, 0.4) is 0 Å². The molecule has 0 radical (unpaired) electrons. The first-order valence-corrected chi connectivity index (χ1v) is 11.8. The quantitative estimate of drug-likeness (QED) is 0.743. The van der Waals surface area contributed by atoms with Crippen LogP contribution in [0.25, 0.3) is 0 Å². The van der Waals surface area contributed by atoms with E-state index in [1.165, 1.54) is 4.31 Å². The summed E-state index contributed by atoms with van der Waals surface area (Å²) in [5, 5.41) is 5.50. The van der Waals surface area contributed by atoms with Gasteiger partial charge in [0.25, 0.3) is 5.91 Å². The second-order valence-electron chi connectivity index (χ2n) is 7.99. The third-order valence-electron chi connectivity index (χ3n) is 5.84. The Hall–Kier alpha value is -2.71. The number of rotatable bonds is 5. The highest BCUT2D eigenvalue weighted by atomic mass is 32.2. The van der Waals surface area contributed by atoms with Crippen LogP contribution >= 0.6 is 0 Å². The maximum atomic E-state index is 13.0. The molecule has 166 valence electrons. The Morgan fingerprint density at radius 2 is 1.71 bits per heavy atom. The number of sulfonamides is 1. The van der Waals surface area contributed by atoms with Gasteiger partial charge in [-0.25, -0.2) is 8.42 Å². The average Bonchev–Trinajstić information content (AvgIpc) is 2.74. The van der Waals surface area contributed by atoms with Crippen LogP contribution in [0, 0.1) is 26.7 Å². The minimum absolute atomic E-state index is 0.152. The summed E-state index contributed by atoms with van der Waals surface area (Å²) in [7, 11) is -2.02. The molecule has 7 nitrogen and oxygen atoms in total. The van der Waals surface area contributed by atoms with Gasteiger partial charge in [0.15, 0.2) is 0 Å². The Bertz CT molecular complexity index is 1100. The van der Waals surface area contributed by atoms with Gasteiger partial charge in [0.05, 0.1) is 4.90 Å². The molecule has 0 spiro atoms. The summed E-state index contributed by atoms with van der Waals surface area (Å²) in [4.78, 5) is 25.1. The van der Waals surface area contributed by atoms with E-state index in [1.54, 1.807) is 51.2 Å². The van der Waals surface area contributed by atoms with Crippen LogP contribution < -0.4 is 10.6 Å². The number of nitrogens with zero attached hydrogens (tertiary/aromatic N) is 1. The zero-order valence-corrected chi connectivity index (χ0v) is 19.2. The van der Waals surface area contributed by atoms with Crippen LogP contribution in [-0.2, 0) is 14.8 Å². The van der Waals surface area contributed by atoms with Crippen molar-refractivity contribution in [1.82, 2.24) is 9.62 Å². The minimum Gasteiger partial charge on any atom is -0.355 e. The number of carbonyl (C=O) groups excluding carboxylic acids is 2. The van der Waals surface area contributed by atoms with Crippen molar-refractivity contribution >= 4 is 27.5 Å². The highest BCUT2D eigenvalue weighted by Crippen LogP contribution is 2.27. The highest BCUT2D eigenvalue weighted by molar-refractivity contribution is 7.89. The third kappa shape index (κ3) is 4.80. The van der Waals surface area contributed by atoms with Crippen molar-refractivity contribution in [3.8, 4) is 0 Å².